The number of carbonyl (C=O) groups is 1. The van der Waals surface area contributed by atoms with Crippen LogP contribution in [-0.4, -0.2) is 60.1 Å². The summed E-state index contributed by atoms with van der Waals surface area (Å²) in [6.45, 7) is 7.01. The quantitative estimate of drug-likeness (QED) is 0.747. The molecule has 0 bridgehead atoms. The number of aliphatic hydroxyl groups is 1. The van der Waals surface area contributed by atoms with Gasteiger partial charge in [0.2, 0.25) is 0 Å². The van der Waals surface area contributed by atoms with Gasteiger partial charge in [-0.3, -0.25) is 0 Å². The first kappa shape index (κ1) is 15.2. The van der Waals surface area contributed by atoms with Crippen molar-refractivity contribution in [1.82, 2.24) is 4.90 Å². The zero-order valence-corrected chi connectivity index (χ0v) is 11.4. The average Bonchev–Trinajstić information content (AvgIpc) is 2.38. The average molecular weight is 260 g/mol. The first-order chi connectivity index (χ1) is 8.26. The van der Waals surface area contributed by atoms with Gasteiger partial charge in [0.1, 0.15) is 5.60 Å². The Morgan fingerprint density at radius 2 is 2.22 bits per heavy atom. The molecule has 0 aromatic heterocycles. The van der Waals surface area contributed by atoms with Crippen molar-refractivity contribution < 1.29 is 19.4 Å². The molecule has 1 amide bonds. The summed E-state index contributed by atoms with van der Waals surface area (Å²) in [7, 11) is 0. The Balaban J connectivity index is 2.67. The molecule has 1 atom stereocenters. The Kier molecular flexibility index (Phi) is 4.95. The third kappa shape index (κ3) is 4.80. The van der Waals surface area contributed by atoms with Gasteiger partial charge in [-0.25, -0.2) is 4.79 Å². The molecule has 1 saturated heterocycles. The fourth-order valence-corrected chi connectivity index (χ4v) is 1.81. The van der Waals surface area contributed by atoms with Crippen molar-refractivity contribution in [2.45, 2.75) is 38.3 Å². The van der Waals surface area contributed by atoms with Crippen molar-refractivity contribution in [2.24, 2.45) is 5.73 Å². The van der Waals surface area contributed by atoms with Gasteiger partial charge in [0.25, 0.3) is 0 Å². The summed E-state index contributed by atoms with van der Waals surface area (Å²) in [6.07, 6.45) is 0.00696. The Hall–Kier alpha value is -0.850. The molecule has 1 rings (SSSR count). The molecule has 0 aliphatic carbocycles. The Morgan fingerprint density at radius 1 is 1.56 bits per heavy atom. The van der Waals surface area contributed by atoms with Crippen LogP contribution in [0.1, 0.15) is 27.2 Å². The van der Waals surface area contributed by atoms with Gasteiger partial charge >= 0.3 is 6.09 Å². The fraction of sp³-hybridized carbons (Fsp3) is 0.917. The highest BCUT2D eigenvalue weighted by Gasteiger charge is 2.34. The predicted molar refractivity (Wildman–Crippen MR) is 67.2 cm³/mol. The van der Waals surface area contributed by atoms with Crippen LogP contribution < -0.4 is 5.73 Å². The van der Waals surface area contributed by atoms with Gasteiger partial charge in [-0.15, -0.1) is 0 Å². The summed E-state index contributed by atoms with van der Waals surface area (Å²) in [6, 6.07) is 0. The smallest absolute Gasteiger partial charge is 0.410 e. The van der Waals surface area contributed by atoms with Gasteiger partial charge in [-0.05, 0) is 27.2 Å². The molecule has 0 aromatic carbocycles. The molecule has 6 heteroatoms. The van der Waals surface area contributed by atoms with Crippen LogP contribution in [-0.2, 0) is 9.47 Å². The molecule has 1 aliphatic heterocycles. The number of aliphatic hydroxyl groups excluding tert-OH is 1. The van der Waals surface area contributed by atoms with Crippen molar-refractivity contribution in [3.63, 3.8) is 0 Å². The minimum Gasteiger partial charge on any atom is -0.444 e. The van der Waals surface area contributed by atoms with Gasteiger partial charge in [0, 0.05) is 19.7 Å². The molecule has 0 spiro atoms. The van der Waals surface area contributed by atoms with Crippen LogP contribution in [0, 0.1) is 0 Å². The van der Waals surface area contributed by atoms with E-state index < -0.39 is 11.1 Å². The standard InChI is InChI=1S/C12H24N2O4/c1-11(2,3)18-10(16)14-5-7-17-9-12(13,8-14)4-6-15/h15H,4-9,13H2,1-3H3. The SMILES string of the molecule is CC(C)(C)OC(=O)N1CCOCC(N)(CCO)C1. The molecule has 3 N–H and O–H groups in total. The second kappa shape index (κ2) is 5.86. The molecule has 106 valence electrons. The summed E-state index contributed by atoms with van der Waals surface area (Å²) in [4.78, 5) is 13.5. The van der Waals surface area contributed by atoms with Crippen molar-refractivity contribution in [3.05, 3.63) is 0 Å². The van der Waals surface area contributed by atoms with E-state index in [1.807, 2.05) is 20.8 Å². The maximum absolute atomic E-state index is 12.0. The second-order valence-electron chi connectivity index (χ2n) is 5.79. The normalized spacial score (nSPS) is 25.7. The highest BCUT2D eigenvalue weighted by atomic mass is 16.6. The first-order valence-electron chi connectivity index (χ1n) is 6.21. The maximum Gasteiger partial charge on any atom is 0.410 e. The lowest BCUT2D eigenvalue weighted by molar-refractivity contribution is 0.0220. The Bertz CT molecular complexity index is 290. The van der Waals surface area contributed by atoms with E-state index in [0.717, 1.165) is 0 Å². The van der Waals surface area contributed by atoms with E-state index in [0.29, 0.717) is 32.7 Å². The predicted octanol–water partition coefficient (Wildman–Crippen LogP) is 0.334. The number of hydrogen-bond donors (Lipinski definition) is 2. The molecule has 18 heavy (non-hydrogen) atoms. The lowest BCUT2D eigenvalue weighted by atomic mass is 9.98. The van der Waals surface area contributed by atoms with E-state index >= 15 is 0 Å². The van der Waals surface area contributed by atoms with E-state index in [1.54, 1.807) is 4.90 Å². The van der Waals surface area contributed by atoms with Crippen LogP contribution in [0.4, 0.5) is 4.79 Å². The molecular formula is C12H24N2O4. The number of amides is 1. The van der Waals surface area contributed by atoms with Gasteiger partial charge in [-0.1, -0.05) is 0 Å². The monoisotopic (exact) mass is 260 g/mol. The number of nitrogens with zero attached hydrogens (tertiary/aromatic N) is 1. The summed E-state index contributed by atoms with van der Waals surface area (Å²) >= 11 is 0. The lowest BCUT2D eigenvalue weighted by Gasteiger charge is -2.32. The van der Waals surface area contributed by atoms with Gasteiger partial charge < -0.3 is 25.2 Å². The van der Waals surface area contributed by atoms with Crippen LogP contribution in [0.3, 0.4) is 0 Å². The second-order valence-corrected chi connectivity index (χ2v) is 5.79. The summed E-state index contributed by atoms with van der Waals surface area (Å²) in [5.41, 5.74) is 4.89. The van der Waals surface area contributed by atoms with Crippen molar-refractivity contribution in [3.8, 4) is 0 Å². The topological polar surface area (TPSA) is 85.0 Å². The van der Waals surface area contributed by atoms with Crippen LogP contribution in [0.2, 0.25) is 0 Å². The van der Waals surface area contributed by atoms with E-state index in [-0.39, 0.29) is 12.7 Å². The zero-order valence-electron chi connectivity index (χ0n) is 11.4. The number of rotatable bonds is 2. The molecule has 1 unspecified atom stereocenters. The Labute approximate surface area is 108 Å². The number of ether oxygens (including phenoxy) is 2. The minimum atomic E-state index is -0.706. The lowest BCUT2D eigenvalue weighted by Crippen LogP contribution is -2.54. The van der Waals surface area contributed by atoms with E-state index in [1.165, 1.54) is 0 Å². The molecule has 1 heterocycles. The number of nitrogens with two attached hydrogens (primary N) is 1. The van der Waals surface area contributed by atoms with Crippen LogP contribution in [0.15, 0.2) is 0 Å². The van der Waals surface area contributed by atoms with Crippen LogP contribution in [0.5, 0.6) is 0 Å². The highest BCUT2D eigenvalue weighted by molar-refractivity contribution is 5.68. The largest absolute Gasteiger partial charge is 0.444 e. The molecule has 0 radical (unpaired) electrons. The molecule has 1 fully saturated rings. The third-order valence-corrected chi connectivity index (χ3v) is 2.66. The van der Waals surface area contributed by atoms with E-state index in [4.69, 9.17) is 20.3 Å². The number of carbonyl (C=O) groups excluding carboxylic acids is 1. The molecular weight excluding hydrogens is 236 g/mol. The third-order valence-electron chi connectivity index (χ3n) is 2.66. The summed E-state index contributed by atoms with van der Waals surface area (Å²) in [5, 5.41) is 9.02. The van der Waals surface area contributed by atoms with Crippen molar-refractivity contribution in [2.75, 3.05) is 32.9 Å². The minimum absolute atomic E-state index is 0.0258. The van der Waals surface area contributed by atoms with E-state index in [2.05, 4.69) is 0 Å². The van der Waals surface area contributed by atoms with Crippen molar-refractivity contribution >= 4 is 6.09 Å². The first-order valence-corrected chi connectivity index (χ1v) is 6.21. The fourth-order valence-electron chi connectivity index (χ4n) is 1.81. The van der Waals surface area contributed by atoms with Crippen LogP contribution >= 0.6 is 0 Å². The number of hydrogen-bond acceptors (Lipinski definition) is 5. The highest BCUT2D eigenvalue weighted by Crippen LogP contribution is 2.16. The maximum atomic E-state index is 12.0. The van der Waals surface area contributed by atoms with Crippen LogP contribution in [0.25, 0.3) is 0 Å². The molecule has 0 saturated carbocycles. The van der Waals surface area contributed by atoms with Gasteiger partial charge in [0.15, 0.2) is 0 Å². The zero-order chi connectivity index (χ0) is 13.8. The molecule has 1 aliphatic rings. The van der Waals surface area contributed by atoms with Gasteiger partial charge in [0.05, 0.1) is 18.8 Å². The Morgan fingerprint density at radius 3 is 2.78 bits per heavy atom. The summed E-state index contributed by atoms with van der Waals surface area (Å²) < 4.78 is 10.7. The summed E-state index contributed by atoms with van der Waals surface area (Å²) in [5.74, 6) is 0. The van der Waals surface area contributed by atoms with Gasteiger partial charge in [-0.2, -0.15) is 0 Å². The van der Waals surface area contributed by atoms with Crippen molar-refractivity contribution in [1.29, 1.82) is 0 Å². The molecule has 0 aromatic rings. The van der Waals surface area contributed by atoms with E-state index in [9.17, 15) is 4.79 Å². The molecule has 6 nitrogen and oxygen atoms in total.